The van der Waals surface area contributed by atoms with Crippen LogP contribution in [0.15, 0.2) is 22.8 Å². The van der Waals surface area contributed by atoms with E-state index in [1.54, 1.807) is 6.26 Å². The van der Waals surface area contributed by atoms with Crippen LogP contribution in [0.3, 0.4) is 0 Å². The number of ether oxygens (including phenoxy) is 1. The van der Waals surface area contributed by atoms with Gasteiger partial charge in [-0.2, -0.15) is 0 Å². The molecule has 2 rings (SSSR count). The summed E-state index contributed by atoms with van der Waals surface area (Å²) in [6.07, 6.45) is 1.24. The molecule has 1 aliphatic rings. The molecule has 0 saturated carbocycles. The van der Waals surface area contributed by atoms with Gasteiger partial charge in [-0.1, -0.05) is 0 Å². The Morgan fingerprint density at radius 2 is 2.46 bits per heavy atom. The van der Waals surface area contributed by atoms with Crippen molar-refractivity contribution in [3.05, 3.63) is 24.2 Å². The number of furan rings is 1. The second-order valence-electron chi connectivity index (χ2n) is 3.17. The van der Waals surface area contributed by atoms with Crippen molar-refractivity contribution in [2.45, 2.75) is 18.7 Å². The molecule has 0 spiro atoms. The molecule has 1 fully saturated rings. The van der Waals surface area contributed by atoms with E-state index in [0.29, 0.717) is 19.8 Å². The molecular weight excluding hydrogens is 170 g/mol. The molecule has 1 aromatic rings. The Balaban J connectivity index is 1.79. The first-order valence-corrected chi connectivity index (χ1v) is 4.38. The van der Waals surface area contributed by atoms with E-state index in [4.69, 9.17) is 9.15 Å². The smallest absolute Gasteiger partial charge is 0.117 e. The molecule has 1 saturated heterocycles. The fraction of sp³-hybridized carbons (Fsp3) is 0.556. The maximum absolute atomic E-state index is 9.40. The third-order valence-electron chi connectivity index (χ3n) is 2.17. The van der Waals surface area contributed by atoms with Crippen LogP contribution in [0.4, 0.5) is 0 Å². The van der Waals surface area contributed by atoms with Gasteiger partial charge in [-0.25, -0.2) is 0 Å². The lowest BCUT2D eigenvalue weighted by atomic mass is 10.2. The summed E-state index contributed by atoms with van der Waals surface area (Å²) in [6.45, 7) is 1.63. The Morgan fingerprint density at radius 3 is 3.08 bits per heavy atom. The second-order valence-corrected chi connectivity index (χ2v) is 3.17. The molecule has 2 N–H and O–H groups in total. The lowest BCUT2D eigenvalue weighted by molar-refractivity contribution is 0.122. The molecule has 2 heterocycles. The van der Waals surface area contributed by atoms with Gasteiger partial charge >= 0.3 is 0 Å². The van der Waals surface area contributed by atoms with Crippen LogP contribution in [0, 0.1) is 0 Å². The summed E-state index contributed by atoms with van der Waals surface area (Å²) in [5, 5.41) is 12.6. The van der Waals surface area contributed by atoms with Crippen molar-refractivity contribution in [1.29, 1.82) is 0 Å². The summed E-state index contributed by atoms with van der Waals surface area (Å²) in [5.41, 5.74) is 0. The Hall–Kier alpha value is -0.840. The summed E-state index contributed by atoms with van der Waals surface area (Å²) in [7, 11) is 0. The lowest BCUT2D eigenvalue weighted by Crippen LogP contribution is -2.38. The maximum atomic E-state index is 9.40. The van der Waals surface area contributed by atoms with E-state index >= 15 is 0 Å². The number of hydrogen-bond donors (Lipinski definition) is 2. The highest BCUT2D eigenvalue weighted by atomic mass is 16.5. The first kappa shape index (κ1) is 8.74. The van der Waals surface area contributed by atoms with Gasteiger partial charge in [0.1, 0.15) is 5.76 Å². The van der Waals surface area contributed by atoms with E-state index in [9.17, 15) is 5.11 Å². The third-order valence-corrected chi connectivity index (χ3v) is 2.17. The predicted octanol–water partition coefficient (Wildman–Crippen LogP) is 0.129. The fourth-order valence-corrected chi connectivity index (χ4v) is 1.38. The van der Waals surface area contributed by atoms with Crippen molar-refractivity contribution in [1.82, 2.24) is 5.32 Å². The summed E-state index contributed by atoms with van der Waals surface area (Å²) >= 11 is 0. The van der Waals surface area contributed by atoms with E-state index < -0.39 is 6.10 Å². The van der Waals surface area contributed by atoms with Crippen molar-refractivity contribution in [2.75, 3.05) is 13.2 Å². The first-order valence-electron chi connectivity index (χ1n) is 4.38. The minimum atomic E-state index is -0.394. The molecule has 4 nitrogen and oxygen atoms in total. The number of nitrogens with one attached hydrogen (secondary N) is 1. The van der Waals surface area contributed by atoms with Crippen molar-refractivity contribution in [2.24, 2.45) is 0 Å². The fourth-order valence-electron chi connectivity index (χ4n) is 1.38. The summed E-state index contributed by atoms with van der Waals surface area (Å²) in [6, 6.07) is 3.78. The normalized spacial score (nSPS) is 28.1. The monoisotopic (exact) mass is 183 g/mol. The lowest BCUT2D eigenvalue weighted by Gasteiger charge is -2.12. The Labute approximate surface area is 76.5 Å². The van der Waals surface area contributed by atoms with Crippen LogP contribution < -0.4 is 5.32 Å². The molecule has 13 heavy (non-hydrogen) atoms. The van der Waals surface area contributed by atoms with E-state index in [2.05, 4.69) is 5.32 Å². The minimum absolute atomic E-state index is 0.0325. The molecule has 0 amide bonds. The molecular formula is C9H13NO3. The maximum Gasteiger partial charge on any atom is 0.117 e. The Bertz CT molecular complexity index is 247. The van der Waals surface area contributed by atoms with Crippen LogP contribution in [-0.2, 0) is 11.3 Å². The molecule has 0 aliphatic carbocycles. The molecule has 1 aromatic heterocycles. The third kappa shape index (κ3) is 2.09. The minimum Gasteiger partial charge on any atom is -0.468 e. The number of aliphatic hydroxyl groups excluding tert-OH is 1. The van der Waals surface area contributed by atoms with Crippen LogP contribution in [0.1, 0.15) is 5.76 Å². The van der Waals surface area contributed by atoms with E-state index in [1.807, 2.05) is 12.1 Å². The van der Waals surface area contributed by atoms with Crippen LogP contribution in [0.5, 0.6) is 0 Å². The number of aliphatic hydroxyl groups is 1. The van der Waals surface area contributed by atoms with Crippen LogP contribution in [-0.4, -0.2) is 30.5 Å². The summed E-state index contributed by atoms with van der Waals surface area (Å²) in [4.78, 5) is 0. The average Bonchev–Trinajstić information content (AvgIpc) is 2.72. The summed E-state index contributed by atoms with van der Waals surface area (Å²) in [5.74, 6) is 0.874. The van der Waals surface area contributed by atoms with Gasteiger partial charge in [0.2, 0.25) is 0 Å². The Morgan fingerprint density at radius 1 is 1.54 bits per heavy atom. The van der Waals surface area contributed by atoms with Gasteiger partial charge in [0.05, 0.1) is 38.2 Å². The van der Waals surface area contributed by atoms with E-state index in [-0.39, 0.29) is 6.04 Å². The zero-order chi connectivity index (χ0) is 9.10. The van der Waals surface area contributed by atoms with Crippen molar-refractivity contribution >= 4 is 0 Å². The van der Waals surface area contributed by atoms with E-state index in [0.717, 1.165) is 5.76 Å². The SMILES string of the molecule is OC1COCC1NCc1ccco1. The van der Waals surface area contributed by atoms with Gasteiger partial charge in [0, 0.05) is 0 Å². The quantitative estimate of drug-likeness (QED) is 0.699. The van der Waals surface area contributed by atoms with Gasteiger partial charge in [0.25, 0.3) is 0 Å². The van der Waals surface area contributed by atoms with E-state index in [1.165, 1.54) is 0 Å². The van der Waals surface area contributed by atoms with Crippen LogP contribution in [0.25, 0.3) is 0 Å². The van der Waals surface area contributed by atoms with Crippen molar-refractivity contribution in [3.63, 3.8) is 0 Å². The predicted molar refractivity (Wildman–Crippen MR) is 46.2 cm³/mol. The number of rotatable bonds is 3. The molecule has 0 aromatic carbocycles. The largest absolute Gasteiger partial charge is 0.468 e. The van der Waals surface area contributed by atoms with Gasteiger partial charge in [-0.3, -0.25) is 0 Å². The van der Waals surface area contributed by atoms with Gasteiger partial charge in [-0.05, 0) is 12.1 Å². The van der Waals surface area contributed by atoms with Crippen LogP contribution in [0.2, 0.25) is 0 Å². The molecule has 0 radical (unpaired) electrons. The summed E-state index contributed by atoms with van der Waals surface area (Å²) < 4.78 is 10.2. The topological polar surface area (TPSA) is 54.6 Å². The highest BCUT2D eigenvalue weighted by Gasteiger charge is 2.25. The van der Waals surface area contributed by atoms with Gasteiger partial charge in [0.15, 0.2) is 0 Å². The van der Waals surface area contributed by atoms with Gasteiger partial charge < -0.3 is 19.6 Å². The second kappa shape index (κ2) is 3.91. The van der Waals surface area contributed by atoms with Crippen molar-refractivity contribution < 1.29 is 14.3 Å². The highest BCUT2D eigenvalue weighted by molar-refractivity contribution is 4.98. The zero-order valence-electron chi connectivity index (χ0n) is 7.27. The number of hydrogen-bond acceptors (Lipinski definition) is 4. The molecule has 2 unspecified atom stereocenters. The molecule has 4 heteroatoms. The van der Waals surface area contributed by atoms with Crippen molar-refractivity contribution in [3.8, 4) is 0 Å². The highest BCUT2D eigenvalue weighted by Crippen LogP contribution is 2.06. The van der Waals surface area contributed by atoms with Gasteiger partial charge in [-0.15, -0.1) is 0 Å². The zero-order valence-corrected chi connectivity index (χ0v) is 7.27. The van der Waals surface area contributed by atoms with Crippen LogP contribution >= 0.6 is 0 Å². The molecule has 2 atom stereocenters. The molecule has 1 aliphatic heterocycles. The average molecular weight is 183 g/mol. The molecule has 72 valence electrons. The Kier molecular flexibility index (Phi) is 2.63. The molecule has 0 bridgehead atoms. The standard InChI is InChI=1S/C9H13NO3/c11-9-6-12-5-8(9)10-4-7-2-1-3-13-7/h1-3,8-11H,4-6H2. The first-order chi connectivity index (χ1) is 6.36.